The second-order valence-corrected chi connectivity index (χ2v) is 6.39. The maximum absolute atomic E-state index is 9.05. The third-order valence-electron chi connectivity index (χ3n) is 3.35. The summed E-state index contributed by atoms with van der Waals surface area (Å²) in [4.78, 5) is 8.98. The number of hydrogen-bond acceptors (Lipinski definition) is 5. The van der Waals surface area contributed by atoms with Crippen molar-refractivity contribution < 1.29 is 0 Å². The molecule has 1 saturated heterocycles. The number of aromatic nitrogens is 1. The lowest BCUT2D eigenvalue weighted by molar-refractivity contribution is 0.652. The van der Waals surface area contributed by atoms with E-state index >= 15 is 0 Å². The molecule has 1 fully saturated rings. The van der Waals surface area contributed by atoms with Crippen molar-refractivity contribution in [1.82, 2.24) is 4.98 Å². The van der Waals surface area contributed by atoms with Gasteiger partial charge in [-0.1, -0.05) is 15.9 Å². The maximum Gasteiger partial charge on any atom is 0.185 e. The van der Waals surface area contributed by atoms with Crippen LogP contribution < -0.4 is 9.80 Å². The minimum Gasteiger partial charge on any atom is -0.368 e. The molecule has 0 N–H and O–H groups in total. The molecule has 3 rings (SSSR count). The number of benzene rings is 1. The Hall–Kier alpha value is -1.58. The Kier molecular flexibility index (Phi) is 3.90. The fraction of sp³-hybridized carbons (Fsp3) is 0.286. The van der Waals surface area contributed by atoms with Crippen LogP contribution in [0.25, 0.3) is 0 Å². The fourth-order valence-corrected chi connectivity index (χ4v) is 3.53. The summed E-state index contributed by atoms with van der Waals surface area (Å²) < 4.78 is 0.953. The molecule has 0 saturated carbocycles. The van der Waals surface area contributed by atoms with Gasteiger partial charge in [0.25, 0.3) is 0 Å². The first-order chi connectivity index (χ1) is 9.76. The Morgan fingerprint density at radius 3 is 2.55 bits per heavy atom. The van der Waals surface area contributed by atoms with Gasteiger partial charge < -0.3 is 9.80 Å². The minimum absolute atomic E-state index is 0.691. The molecule has 0 atom stereocenters. The molecule has 4 nitrogen and oxygen atoms in total. The molecule has 0 aliphatic carbocycles. The number of piperazine rings is 1. The van der Waals surface area contributed by atoms with Gasteiger partial charge in [0.2, 0.25) is 0 Å². The lowest BCUT2D eigenvalue weighted by Gasteiger charge is -2.36. The third kappa shape index (κ3) is 2.79. The fourth-order valence-electron chi connectivity index (χ4n) is 2.35. The summed E-state index contributed by atoms with van der Waals surface area (Å²) in [5, 5.41) is 12.2. The lowest BCUT2D eigenvalue weighted by Crippen LogP contribution is -2.46. The van der Waals surface area contributed by atoms with Crippen LogP contribution in [0.4, 0.5) is 10.8 Å². The van der Waals surface area contributed by atoms with Crippen LogP contribution >= 0.6 is 27.3 Å². The molecular formula is C14H13BrN4S. The van der Waals surface area contributed by atoms with Crippen LogP contribution in [-0.2, 0) is 0 Å². The van der Waals surface area contributed by atoms with Gasteiger partial charge in [-0.15, -0.1) is 11.3 Å². The molecule has 0 bridgehead atoms. The van der Waals surface area contributed by atoms with E-state index in [-0.39, 0.29) is 0 Å². The zero-order chi connectivity index (χ0) is 13.9. The predicted octanol–water partition coefficient (Wildman–Crippen LogP) is 3.10. The van der Waals surface area contributed by atoms with Gasteiger partial charge in [0.05, 0.1) is 11.6 Å². The summed E-state index contributed by atoms with van der Waals surface area (Å²) in [6, 6.07) is 8.06. The number of hydrogen-bond donors (Lipinski definition) is 0. The van der Waals surface area contributed by atoms with Gasteiger partial charge in [-0.05, 0) is 18.2 Å². The molecule has 0 spiro atoms. The molecule has 0 unspecified atom stereocenters. The molecule has 6 heteroatoms. The lowest BCUT2D eigenvalue weighted by atomic mass is 10.2. The van der Waals surface area contributed by atoms with E-state index in [0.717, 1.165) is 41.5 Å². The second kappa shape index (κ2) is 5.81. The molecule has 0 radical (unpaired) electrons. The molecule has 2 aromatic rings. The highest BCUT2D eigenvalue weighted by Crippen LogP contribution is 2.25. The number of nitriles is 1. The second-order valence-electron chi connectivity index (χ2n) is 4.60. The molecule has 1 aromatic heterocycles. The number of thiazole rings is 1. The van der Waals surface area contributed by atoms with Crippen molar-refractivity contribution in [2.45, 2.75) is 0 Å². The standard InChI is InChI=1S/C14H13BrN4S/c15-12-7-11(10-16)8-13(9-12)18-2-4-19(5-3-18)14-17-1-6-20-14/h1,6-9H,2-5H2. The maximum atomic E-state index is 9.05. The summed E-state index contributed by atoms with van der Waals surface area (Å²) >= 11 is 5.15. The minimum atomic E-state index is 0.691. The van der Waals surface area contributed by atoms with Crippen molar-refractivity contribution in [3.05, 3.63) is 39.8 Å². The SMILES string of the molecule is N#Cc1cc(Br)cc(N2CCN(c3nccs3)CC2)c1. The smallest absolute Gasteiger partial charge is 0.185 e. The highest BCUT2D eigenvalue weighted by molar-refractivity contribution is 9.10. The van der Waals surface area contributed by atoms with Crippen LogP contribution in [0.3, 0.4) is 0 Å². The molecule has 20 heavy (non-hydrogen) atoms. The Morgan fingerprint density at radius 2 is 1.90 bits per heavy atom. The van der Waals surface area contributed by atoms with Crippen LogP contribution in [-0.4, -0.2) is 31.2 Å². The first-order valence-electron chi connectivity index (χ1n) is 6.36. The Balaban J connectivity index is 1.72. The van der Waals surface area contributed by atoms with Crippen molar-refractivity contribution >= 4 is 38.1 Å². The summed E-state index contributed by atoms with van der Waals surface area (Å²) in [5.74, 6) is 0. The quantitative estimate of drug-likeness (QED) is 0.836. The van der Waals surface area contributed by atoms with E-state index in [1.807, 2.05) is 23.7 Å². The average molecular weight is 349 g/mol. The van der Waals surface area contributed by atoms with Gasteiger partial charge in [0.1, 0.15) is 0 Å². The Bertz CT molecular complexity index is 627. The zero-order valence-corrected chi connectivity index (χ0v) is 13.2. The number of nitrogens with zero attached hydrogens (tertiary/aromatic N) is 4. The molecule has 2 heterocycles. The van der Waals surface area contributed by atoms with Gasteiger partial charge in [-0.25, -0.2) is 4.98 Å². The van der Waals surface area contributed by atoms with Crippen molar-refractivity contribution in [1.29, 1.82) is 5.26 Å². The van der Waals surface area contributed by atoms with Gasteiger partial charge in [-0.3, -0.25) is 0 Å². The van der Waals surface area contributed by atoms with Crippen molar-refractivity contribution in [3.63, 3.8) is 0 Å². The molecular weight excluding hydrogens is 336 g/mol. The van der Waals surface area contributed by atoms with Gasteiger partial charge >= 0.3 is 0 Å². The summed E-state index contributed by atoms with van der Waals surface area (Å²) in [6.45, 7) is 3.81. The van der Waals surface area contributed by atoms with Crippen LogP contribution in [0.5, 0.6) is 0 Å². The van der Waals surface area contributed by atoms with E-state index in [0.29, 0.717) is 5.56 Å². The molecule has 1 aliphatic rings. The number of anilines is 2. The topological polar surface area (TPSA) is 43.2 Å². The van der Waals surface area contributed by atoms with Gasteiger partial charge in [0, 0.05) is 47.9 Å². The summed E-state index contributed by atoms with van der Waals surface area (Å²) in [5.41, 5.74) is 1.80. The molecule has 1 aromatic carbocycles. The normalized spacial score (nSPS) is 15.2. The number of halogens is 1. The van der Waals surface area contributed by atoms with Crippen molar-refractivity contribution in [2.75, 3.05) is 36.0 Å². The average Bonchev–Trinajstić information content (AvgIpc) is 3.01. The van der Waals surface area contributed by atoms with E-state index in [1.165, 1.54) is 0 Å². The highest BCUT2D eigenvalue weighted by Gasteiger charge is 2.19. The van der Waals surface area contributed by atoms with Gasteiger partial charge in [-0.2, -0.15) is 5.26 Å². The van der Waals surface area contributed by atoms with E-state index < -0.39 is 0 Å². The van der Waals surface area contributed by atoms with Crippen LogP contribution in [0.15, 0.2) is 34.2 Å². The van der Waals surface area contributed by atoms with E-state index in [1.54, 1.807) is 11.3 Å². The third-order valence-corrected chi connectivity index (χ3v) is 4.64. The van der Waals surface area contributed by atoms with Gasteiger partial charge in [0.15, 0.2) is 5.13 Å². The Labute approximate surface area is 130 Å². The van der Waals surface area contributed by atoms with Crippen LogP contribution in [0, 0.1) is 11.3 Å². The van der Waals surface area contributed by atoms with Crippen molar-refractivity contribution in [3.8, 4) is 6.07 Å². The highest BCUT2D eigenvalue weighted by atomic mass is 79.9. The largest absolute Gasteiger partial charge is 0.368 e. The first-order valence-corrected chi connectivity index (χ1v) is 8.03. The predicted molar refractivity (Wildman–Crippen MR) is 85.4 cm³/mol. The number of rotatable bonds is 2. The zero-order valence-electron chi connectivity index (χ0n) is 10.8. The molecule has 0 amide bonds. The Morgan fingerprint density at radius 1 is 1.15 bits per heavy atom. The van der Waals surface area contributed by atoms with E-state index in [2.05, 4.69) is 42.8 Å². The van der Waals surface area contributed by atoms with Crippen molar-refractivity contribution in [2.24, 2.45) is 0 Å². The monoisotopic (exact) mass is 348 g/mol. The van der Waals surface area contributed by atoms with E-state index in [9.17, 15) is 0 Å². The van der Waals surface area contributed by atoms with Crippen LogP contribution in [0.1, 0.15) is 5.56 Å². The molecule has 102 valence electrons. The van der Waals surface area contributed by atoms with E-state index in [4.69, 9.17) is 5.26 Å². The summed E-state index contributed by atoms with van der Waals surface area (Å²) in [7, 11) is 0. The molecule has 1 aliphatic heterocycles. The first kappa shape index (κ1) is 13.4. The van der Waals surface area contributed by atoms with Crippen LogP contribution in [0.2, 0.25) is 0 Å². The summed E-state index contributed by atoms with van der Waals surface area (Å²) in [6.07, 6.45) is 1.85.